The van der Waals surface area contributed by atoms with E-state index in [4.69, 9.17) is 5.11 Å². The zero-order chi connectivity index (χ0) is 14.6. The lowest BCUT2D eigenvalue weighted by atomic mass is 10.3. The van der Waals surface area contributed by atoms with Gasteiger partial charge in [-0.3, -0.25) is 9.71 Å². The summed E-state index contributed by atoms with van der Waals surface area (Å²) in [5, 5.41) is 16.9. The van der Waals surface area contributed by atoms with Crippen molar-refractivity contribution in [2.24, 2.45) is 0 Å². The topological polar surface area (TPSA) is 105 Å². The van der Waals surface area contributed by atoms with E-state index in [9.17, 15) is 8.42 Å². The number of hydrogen-bond acceptors (Lipinski definition) is 7. The van der Waals surface area contributed by atoms with E-state index in [0.717, 1.165) is 11.3 Å². The highest BCUT2D eigenvalue weighted by Gasteiger charge is 2.17. The minimum absolute atomic E-state index is 0.0323. The van der Waals surface area contributed by atoms with Crippen molar-refractivity contribution in [3.63, 3.8) is 0 Å². The van der Waals surface area contributed by atoms with E-state index in [0.29, 0.717) is 10.6 Å². The lowest BCUT2D eigenvalue weighted by Gasteiger charge is -2.04. The molecule has 9 heteroatoms. The number of rotatable bonds is 3. The number of pyridine rings is 1. The van der Waals surface area contributed by atoms with Crippen LogP contribution in [0.1, 0.15) is 10.6 Å². The van der Waals surface area contributed by atoms with E-state index in [1.807, 2.05) is 0 Å². The number of nitrogens with zero attached hydrogens (tertiary/aromatic N) is 3. The molecule has 0 fully saturated rings. The van der Waals surface area contributed by atoms with Gasteiger partial charge in [0.2, 0.25) is 5.13 Å². The van der Waals surface area contributed by atoms with E-state index in [-0.39, 0.29) is 16.6 Å². The quantitative estimate of drug-likeness (QED) is 0.794. The van der Waals surface area contributed by atoms with Gasteiger partial charge in [-0.1, -0.05) is 23.2 Å². The lowest BCUT2D eigenvalue weighted by molar-refractivity contribution is 0.350. The molecule has 20 heavy (non-hydrogen) atoms. The first-order chi connectivity index (χ1) is 9.51. The highest BCUT2D eigenvalue weighted by atomic mass is 32.2. The van der Waals surface area contributed by atoms with Crippen LogP contribution >= 0.6 is 11.3 Å². The van der Waals surface area contributed by atoms with Crippen molar-refractivity contribution >= 4 is 26.5 Å². The summed E-state index contributed by atoms with van der Waals surface area (Å²) in [7, 11) is -3.78. The third kappa shape index (κ3) is 3.51. The van der Waals surface area contributed by atoms with Gasteiger partial charge in [-0.2, -0.15) is 0 Å². The van der Waals surface area contributed by atoms with Gasteiger partial charge in [-0.05, 0) is 13.0 Å². The number of aliphatic hydroxyl groups is 1. The zero-order valence-electron chi connectivity index (χ0n) is 10.4. The monoisotopic (exact) mass is 310 g/mol. The van der Waals surface area contributed by atoms with Gasteiger partial charge in [0.05, 0.1) is 0 Å². The van der Waals surface area contributed by atoms with E-state index < -0.39 is 10.0 Å². The summed E-state index contributed by atoms with van der Waals surface area (Å²) in [6.07, 6.45) is 2.62. The summed E-state index contributed by atoms with van der Waals surface area (Å²) in [6.45, 7) is 1.42. The minimum atomic E-state index is -3.78. The van der Waals surface area contributed by atoms with Gasteiger partial charge in [-0.15, -0.1) is 10.2 Å². The summed E-state index contributed by atoms with van der Waals surface area (Å²) in [4.78, 5) is 3.78. The second-order valence-corrected chi connectivity index (χ2v) is 6.46. The fraction of sp³-hybridized carbons (Fsp3) is 0.182. The molecule has 7 nitrogen and oxygen atoms in total. The summed E-state index contributed by atoms with van der Waals surface area (Å²) >= 11 is 1.13. The summed E-state index contributed by atoms with van der Waals surface area (Å²) in [5.41, 5.74) is 0.398. The predicted octanol–water partition coefficient (Wildman–Crippen LogP) is 0.386. The number of anilines is 1. The van der Waals surface area contributed by atoms with Crippen molar-refractivity contribution in [2.75, 3.05) is 11.3 Å². The Hall–Kier alpha value is -2.02. The van der Waals surface area contributed by atoms with E-state index in [1.165, 1.54) is 18.5 Å². The minimum Gasteiger partial charge on any atom is -0.384 e. The molecule has 0 unspecified atom stereocenters. The molecule has 0 saturated carbocycles. The van der Waals surface area contributed by atoms with Gasteiger partial charge in [0.15, 0.2) is 0 Å². The molecule has 2 N–H and O–H groups in total. The normalized spacial score (nSPS) is 10.7. The van der Waals surface area contributed by atoms with Crippen LogP contribution in [0, 0.1) is 18.8 Å². The SMILES string of the molecule is Cc1nnc(NS(=O)(=O)c2cncc(C#CCO)c2)s1. The molecular weight excluding hydrogens is 300 g/mol. The van der Waals surface area contributed by atoms with Crippen LogP contribution in [0.2, 0.25) is 0 Å². The summed E-state index contributed by atoms with van der Waals surface area (Å²) in [6, 6.07) is 1.37. The van der Waals surface area contributed by atoms with Crippen molar-refractivity contribution in [3.05, 3.63) is 29.0 Å². The molecule has 0 aliphatic rings. The molecule has 0 spiro atoms. The third-order valence-corrected chi connectivity index (χ3v) is 4.27. The van der Waals surface area contributed by atoms with Crippen molar-refractivity contribution in [3.8, 4) is 11.8 Å². The average Bonchev–Trinajstić information content (AvgIpc) is 2.81. The Kier molecular flexibility index (Phi) is 4.29. The first-order valence-electron chi connectivity index (χ1n) is 5.39. The van der Waals surface area contributed by atoms with Crippen LogP contribution in [-0.4, -0.2) is 35.3 Å². The Morgan fingerprint density at radius 2 is 2.20 bits per heavy atom. The van der Waals surface area contributed by atoms with Crippen LogP contribution in [0.25, 0.3) is 0 Å². The fourth-order valence-corrected chi connectivity index (χ4v) is 3.10. The van der Waals surface area contributed by atoms with Crippen molar-refractivity contribution < 1.29 is 13.5 Å². The number of aryl methyl sites for hydroxylation is 1. The molecule has 0 atom stereocenters. The van der Waals surface area contributed by atoms with Gasteiger partial charge in [0.1, 0.15) is 16.5 Å². The number of aromatic nitrogens is 3. The van der Waals surface area contributed by atoms with Gasteiger partial charge in [0, 0.05) is 18.0 Å². The molecule has 2 aromatic heterocycles. The van der Waals surface area contributed by atoms with E-state index in [2.05, 4.69) is 31.7 Å². The van der Waals surface area contributed by atoms with E-state index >= 15 is 0 Å². The maximum atomic E-state index is 12.1. The Morgan fingerprint density at radius 1 is 1.40 bits per heavy atom. The molecule has 2 heterocycles. The van der Waals surface area contributed by atoms with Crippen LogP contribution in [0.4, 0.5) is 5.13 Å². The van der Waals surface area contributed by atoms with Gasteiger partial charge >= 0.3 is 0 Å². The standard InChI is InChI=1S/C11H10N4O3S2/c1-8-13-14-11(19-8)15-20(17,18)10-5-9(3-2-4-16)6-12-7-10/h5-7,16H,4H2,1H3,(H,14,15). The maximum absolute atomic E-state index is 12.1. The average molecular weight is 310 g/mol. The molecule has 0 radical (unpaired) electrons. The van der Waals surface area contributed by atoms with Gasteiger partial charge in [0.25, 0.3) is 10.0 Å². The second-order valence-electron chi connectivity index (χ2n) is 3.60. The largest absolute Gasteiger partial charge is 0.384 e. The Balaban J connectivity index is 2.29. The smallest absolute Gasteiger partial charge is 0.265 e. The Bertz CT molecular complexity index is 774. The van der Waals surface area contributed by atoms with Crippen molar-refractivity contribution in [1.29, 1.82) is 0 Å². The molecule has 2 aromatic rings. The van der Waals surface area contributed by atoms with Gasteiger partial charge < -0.3 is 5.11 Å². The first-order valence-corrected chi connectivity index (χ1v) is 7.69. The predicted molar refractivity (Wildman–Crippen MR) is 73.7 cm³/mol. The van der Waals surface area contributed by atoms with Crippen molar-refractivity contribution in [2.45, 2.75) is 11.8 Å². The molecule has 0 aliphatic heterocycles. The molecule has 104 valence electrons. The summed E-state index contributed by atoms with van der Waals surface area (Å²) < 4.78 is 26.6. The van der Waals surface area contributed by atoms with Crippen LogP contribution in [-0.2, 0) is 10.0 Å². The first kappa shape index (κ1) is 14.4. The van der Waals surface area contributed by atoms with E-state index in [1.54, 1.807) is 6.92 Å². The maximum Gasteiger partial charge on any atom is 0.265 e. The number of nitrogens with one attached hydrogen (secondary N) is 1. The lowest BCUT2D eigenvalue weighted by Crippen LogP contribution is -2.13. The highest BCUT2D eigenvalue weighted by Crippen LogP contribution is 2.19. The molecule has 2 rings (SSSR count). The molecule has 0 aliphatic carbocycles. The number of aliphatic hydroxyl groups excluding tert-OH is 1. The number of sulfonamides is 1. The molecule has 0 amide bonds. The molecule has 0 bridgehead atoms. The summed E-state index contributed by atoms with van der Waals surface area (Å²) in [5.74, 6) is 5.02. The van der Waals surface area contributed by atoms with Gasteiger partial charge in [-0.25, -0.2) is 8.42 Å². The zero-order valence-corrected chi connectivity index (χ0v) is 12.0. The van der Waals surface area contributed by atoms with Crippen molar-refractivity contribution in [1.82, 2.24) is 15.2 Å². The highest BCUT2D eigenvalue weighted by molar-refractivity contribution is 7.93. The third-order valence-electron chi connectivity index (χ3n) is 2.08. The van der Waals surface area contributed by atoms with Crippen LogP contribution < -0.4 is 4.72 Å². The number of hydrogen-bond donors (Lipinski definition) is 2. The molecular formula is C11H10N4O3S2. The van der Waals surface area contributed by atoms with Crippen LogP contribution in [0.5, 0.6) is 0 Å². The van der Waals surface area contributed by atoms with Crippen LogP contribution in [0.3, 0.4) is 0 Å². The molecule has 0 saturated heterocycles. The molecule has 0 aromatic carbocycles. The Labute approximate surface area is 119 Å². The fourth-order valence-electron chi connectivity index (χ4n) is 1.29. The second kappa shape index (κ2) is 5.96. The Morgan fingerprint density at radius 3 is 2.85 bits per heavy atom. The van der Waals surface area contributed by atoms with Crippen LogP contribution in [0.15, 0.2) is 23.4 Å².